The number of hydrogen-bond donors (Lipinski definition) is 2. The van der Waals surface area contributed by atoms with Crippen molar-refractivity contribution in [2.45, 2.75) is 32.9 Å². The maximum atomic E-state index is 11.6. The summed E-state index contributed by atoms with van der Waals surface area (Å²) in [6.45, 7) is 5.74. The molecular formula is C12H17BrN2O. The second kappa shape index (κ2) is 5.89. The van der Waals surface area contributed by atoms with Crippen molar-refractivity contribution in [1.82, 2.24) is 5.32 Å². The van der Waals surface area contributed by atoms with Gasteiger partial charge in [-0.3, -0.25) is 4.79 Å². The summed E-state index contributed by atoms with van der Waals surface area (Å²) in [6, 6.07) is 7.68. The molecular weight excluding hydrogens is 268 g/mol. The van der Waals surface area contributed by atoms with Crippen LogP contribution in [0.25, 0.3) is 0 Å². The fourth-order valence-corrected chi connectivity index (χ4v) is 1.54. The molecule has 1 amide bonds. The van der Waals surface area contributed by atoms with Crippen LogP contribution in [0.4, 0.5) is 5.69 Å². The highest BCUT2D eigenvalue weighted by Crippen LogP contribution is 2.14. The first-order valence-electron chi connectivity index (χ1n) is 5.31. The zero-order valence-electron chi connectivity index (χ0n) is 9.75. The molecule has 1 aromatic rings. The number of carbonyl (C=O) groups excluding carboxylic acids is 1. The van der Waals surface area contributed by atoms with Gasteiger partial charge in [0, 0.05) is 16.2 Å². The fourth-order valence-electron chi connectivity index (χ4n) is 1.27. The summed E-state index contributed by atoms with van der Waals surface area (Å²) >= 11 is 3.37. The lowest BCUT2D eigenvalue weighted by Gasteiger charge is -2.17. The Bertz CT molecular complexity index is 349. The molecule has 0 aliphatic carbocycles. The highest BCUT2D eigenvalue weighted by molar-refractivity contribution is 9.10. The third-order valence-electron chi connectivity index (χ3n) is 2.05. The first-order chi connectivity index (χ1) is 7.49. The van der Waals surface area contributed by atoms with Gasteiger partial charge in [0.25, 0.3) is 0 Å². The van der Waals surface area contributed by atoms with Gasteiger partial charge >= 0.3 is 0 Å². The largest absolute Gasteiger partial charge is 0.374 e. The summed E-state index contributed by atoms with van der Waals surface area (Å²) in [7, 11) is 0. The number of benzene rings is 1. The van der Waals surface area contributed by atoms with Gasteiger partial charge in [0.1, 0.15) is 6.04 Å². The number of halogens is 1. The van der Waals surface area contributed by atoms with Gasteiger partial charge in [0.05, 0.1) is 0 Å². The number of nitrogens with one attached hydrogen (secondary N) is 2. The van der Waals surface area contributed by atoms with Crippen LogP contribution in [0.1, 0.15) is 20.8 Å². The summed E-state index contributed by atoms with van der Waals surface area (Å²) in [5, 5.41) is 6.00. The van der Waals surface area contributed by atoms with Gasteiger partial charge in [-0.15, -0.1) is 0 Å². The maximum Gasteiger partial charge on any atom is 0.242 e. The molecule has 1 rings (SSSR count). The van der Waals surface area contributed by atoms with Crippen LogP contribution in [0, 0.1) is 0 Å². The van der Waals surface area contributed by atoms with Crippen LogP contribution < -0.4 is 10.6 Å². The van der Waals surface area contributed by atoms with Crippen molar-refractivity contribution in [3.05, 3.63) is 28.7 Å². The van der Waals surface area contributed by atoms with Gasteiger partial charge in [-0.25, -0.2) is 0 Å². The van der Waals surface area contributed by atoms with Crippen molar-refractivity contribution in [2.24, 2.45) is 0 Å². The lowest BCUT2D eigenvalue weighted by atomic mass is 10.2. The number of hydrogen-bond acceptors (Lipinski definition) is 2. The van der Waals surface area contributed by atoms with Gasteiger partial charge in [-0.05, 0) is 45.0 Å². The Morgan fingerprint density at radius 2 is 1.75 bits per heavy atom. The van der Waals surface area contributed by atoms with Gasteiger partial charge in [-0.1, -0.05) is 15.9 Å². The minimum Gasteiger partial charge on any atom is -0.374 e. The normalized spacial score (nSPS) is 12.3. The van der Waals surface area contributed by atoms with Crippen LogP contribution in [0.15, 0.2) is 28.7 Å². The Morgan fingerprint density at radius 1 is 1.19 bits per heavy atom. The van der Waals surface area contributed by atoms with Gasteiger partial charge < -0.3 is 10.6 Å². The van der Waals surface area contributed by atoms with Crippen LogP contribution in [0.5, 0.6) is 0 Å². The molecule has 1 aromatic carbocycles. The van der Waals surface area contributed by atoms with E-state index in [4.69, 9.17) is 0 Å². The lowest BCUT2D eigenvalue weighted by Crippen LogP contribution is -2.40. The van der Waals surface area contributed by atoms with Crippen molar-refractivity contribution < 1.29 is 4.79 Å². The quantitative estimate of drug-likeness (QED) is 0.893. The van der Waals surface area contributed by atoms with E-state index in [-0.39, 0.29) is 18.0 Å². The van der Waals surface area contributed by atoms with Crippen LogP contribution in [-0.2, 0) is 4.79 Å². The summed E-state index contributed by atoms with van der Waals surface area (Å²) in [5.74, 6) is 0.0120. The Morgan fingerprint density at radius 3 is 2.25 bits per heavy atom. The minimum atomic E-state index is -0.233. The summed E-state index contributed by atoms with van der Waals surface area (Å²) in [5.41, 5.74) is 0.939. The molecule has 3 nitrogen and oxygen atoms in total. The Balaban J connectivity index is 2.53. The Labute approximate surface area is 105 Å². The van der Waals surface area contributed by atoms with E-state index in [0.717, 1.165) is 10.2 Å². The van der Waals surface area contributed by atoms with Crippen molar-refractivity contribution in [2.75, 3.05) is 5.32 Å². The summed E-state index contributed by atoms with van der Waals surface area (Å²) < 4.78 is 1.03. The first-order valence-corrected chi connectivity index (χ1v) is 6.11. The van der Waals surface area contributed by atoms with Crippen molar-refractivity contribution in [3.8, 4) is 0 Å². The molecule has 0 spiro atoms. The average molecular weight is 285 g/mol. The smallest absolute Gasteiger partial charge is 0.242 e. The summed E-state index contributed by atoms with van der Waals surface area (Å²) in [6.07, 6.45) is 0. The van der Waals surface area contributed by atoms with E-state index in [1.165, 1.54) is 0 Å². The number of amides is 1. The predicted octanol–water partition coefficient (Wildman–Crippen LogP) is 2.77. The van der Waals surface area contributed by atoms with E-state index in [0.29, 0.717) is 0 Å². The predicted molar refractivity (Wildman–Crippen MR) is 70.5 cm³/mol. The minimum absolute atomic E-state index is 0.0120. The SMILES string of the molecule is CC(C)NC(=O)C(C)Nc1ccc(Br)cc1. The molecule has 0 saturated heterocycles. The molecule has 0 aliphatic rings. The van der Waals surface area contributed by atoms with E-state index in [1.807, 2.05) is 45.0 Å². The zero-order chi connectivity index (χ0) is 12.1. The van der Waals surface area contributed by atoms with Gasteiger partial charge in [0.15, 0.2) is 0 Å². The molecule has 2 N–H and O–H groups in total. The fraction of sp³-hybridized carbons (Fsp3) is 0.417. The molecule has 88 valence electrons. The van der Waals surface area contributed by atoms with Gasteiger partial charge in [0.2, 0.25) is 5.91 Å². The molecule has 0 saturated carbocycles. The Kier molecular flexibility index (Phi) is 4.80. The van der Waals surface area contributed by atoms with E-state index >= 15 is 0 Å². The van der Waals surface area contributed by atoms with Crippen LogP contribution in [0.2, 0.25) is 0 Å². The van der Waals surface area contributed by atoms with Crippen molar-refractivity contribution in [1.29, 1.82) is 0 Å². The second-order valence-electron chi connectivity index (χ2n) is 4.04. The number of anilines is 1. The Hall–Kier alpha value is -1.03. The third kappa shape index (κ3) is 4.23. The van der Waals surface area contributed by atoms with E-state index in [2.05, 4.69) is 26.6 Å². The lowest BCUT2D eigenvalue weighted by molar-refractivity contribution is -0.122. The second-order valence-corrected chi connectivity index (χ2v) is 4.95. The summed E-state index contributed by atoms with van der Waals surface area (Å²) in [4.78, 5) is 11.6. The van der Waals surface area contributed by atoms with Crippen molar-refractivity contribution in [3.63, 3.8) is 0 Å². The molecule has 16 heavy (non-hydrogen) atoms. The first kappa shape index (κ1) is 13.0. The highest BCUT2D eigenvalue weighted by atomic mass is 79.9. The number of rotatable bonds is 4. The highest BCUT2D eigenvalue weighted by Gasteiger charge is 2.12. The number of carbonyl (C=O) groups is 1. The topological polar surface area (TPSA) is 41.1 Å². The molecule has 1 unspecified atom stereocenters. The molecule has 0 radical (unpaired) electrons. The molecule has 0 aliphatic heterocycles. The molecule has 1 atom stereocenters. The van der Waals surface area contributed by atoms with Crippen LogP contribution in [0.3, 0.4) is 0 Å². The van der Waals surface area contributed by atoms with Crippen molar-refractivity contribution >= 4 is 27.5 Å². The molecule has 4 heteroatoms. The molecule has 0 fully saturated rings. The van der Waals surface area contributed by atoms with Crippen LogP contribution in [-0.4, -0.2) is 18.0 Å². The van der Waals surface area contributed by atoms with E-state index < -0.39 is 0 Å². The van der Waals surface area contributed by atoms with E-state index in [1.54, 1.807) is 0 Å². The third-order valence-corrected chi connectivity index (χ3v) is 2.58. The zero-order valence-corrected chi connectivity index (χ0v) is 11.3. The van der Waals surface area contributed by atoms with E-state index in [9.17, 15) is 4.79 Å². The molecule has 0 bridgehead atoms. The average Bonchev–Trinajstić information content (AvgIpc) is 2.20. The molecule has 0 aromatic heterocycles. The maximum absolute atomic E-state index is 11.6. The monoisotopic (exact) mass is 284 g/mol. The van der Waals surface area contributed by atoms with Gasteiger partial charge in [-0.2, -0.15) is 0 Å². The molecule has 0 heterocycles. The standard InChI is InChI=1S/C12H17BrN2O/c1-8(2)14-12(16)9(3)15-11-6-4-10(13)5-7-11/h4-9,15H,1-3H3,(H,14,16). The van der Waals surface area contributed by atoms with Crippen LogP contribution >= 0.6 is 15.9 Å².